The summed E-state index contributed by atoms with van der Waals surface area (Å²) in [6, 6.07) is 0. The van der Waals surface area contributed by atoms with E-state index in [9.17, 15) is 0 Å². The average Bonchev–Trinajstić information content (AvgIpc) is 2.79. The van der Waals surface area contributed by atoms with E-state index in [2.05, 4.69) is 97.9 Å². The Morgan fingerprint density at radius 1 is 0.629 bits per heavy atom. The third-order valence-corrected chi connectivity index (χ3v) is 7.28. The fourth-order valence-corrected chi connectivity index (χ4v) is 4.55. The quantitative estimate of drug-likeness (QED) is 0.194. The molecule has 1 rings (SSSR count). The molecule has 0 unspecified atom stereocenters. The molecule has 0 fully saturated rings. The van der Waals surface area contributed by atoms with E-state index in [1.54, 1.807) is 11.1 Å². The number of hydrogen-bond donors (Lipinski definition) is 0. The summed E-state index contributed by atoms with van der Waals surface area (Å²) in [5.74, 6) is 0.717. The van der Waals surface area contributed by atoms with Crippen LogP contribution in [0.1, 0.15) is 132 Å². The summed E-state index contributed by atoms with van der Waals surface area (Å²) in [7, 11) is 0. The average molecular weight is 477 g/mol. The van der Waals surface area contributed by atoms with Gasteiger partial charge >= 0.3 is 0 Å². The molecule has 0 aromatic rings. The highest BCUT2D eigenvalue weighted by atomic mass is 14.2. The Labute approximate surface area is 219 Å². The van der Waals surface area contributed by atoms with Crippen molar-refractivity contribution in [2.24, 2.45) is 5.92 Å². The molecular weight excluding hydrogens is 420 g/mol. The molecule has 1 aliphatic carbocycles. The molecule has 1 atom stereocenters. The van der Waals surface area contributed by atoms with Crippen molar-refractivity contribution in [2.75, 3.05) is 0 Å². The summed E-state index contributed by atoms with van der Waals surface area (Å²) in [5.41, 5.74) is 10.7. The van der Waals surface area contributed by atoms with Gasteiger partial charge in [0.15, 0.2) is 0 Å². The first kappa shape index (κ1) is 31.2. The fourth-order valence-electron chi connectivity index (χ4n) is 4.55. The van der Waals surface area contributed by atoms with Crippen LogP contribution in [0.2, 0.25) is 0 Å². The molecule has 0 N–H and O–H groups in total. The Balaban J connectivity index is 2.22. The predicted octanol–water partition coefficient (Wildman–Crippen LogP) is 11.9. The van der Waals surface area contributed by atoms with Crippen LogP contribution >= 0.6 is 0 Å². The van der Waals surface area contributed by atoms with Crippen molar-refractivity contribution in [3.8, 4) is 0 Å². The van der Waals surface area contributed by atoms with Crippen LogP contribution in [0.3, 0.4) is 0 Å². The zero-order chi connectivity index (χ0) is 26.1. The molecule has 0 aliphatic heterocycles. The second kappa shape index (κ2) is 18.4. The zero-order valence-electron chi connectivity index (χ0n) is 24.6. The van der Waals surface area contributed by atoms with Gasteiger partial charge in [0.1, 0.15) is 0 Å². The van der Waals surface area contributed by atoms with Gasteiger partial charge in [-0.25, -0.2) is 0 Å². The van der Waals surface area contributed by atoms with Crippen LogP contribution in [0.4, 0.5) is 0 Å². The van der Waals surface area contributed by atoms with Crippen LogP contribution in [-0.2, 0) is 0 Å². The molecular formula is C35H56. The van der Waals surface area contributed by atoms with Gasteiger partial charge < -0.3 is 0 Å². The number of rotatable bonds is 16. The van der Waals surface area contributed by atoms with Crippen molar-refractivity contribution >= 4 is 0 Å². The van der Waals surface area contributed by atoms with Crippen molar-refractivity contribution in [1.82, 2.24) is 0 Å². The Kier molecular flexibility index (Phi) is 16.5. The molecule has 35 heavy (non-hydrogen) atoms. The second-order valence-corrected chi connectivity index (χ2v) is 11.4. The lowest BCUT2D eigenvalue weighted by molar-refractivity contribution is 0.602. The fraction of sp³-hybridized carbons (Fsp3) is 0.600. The number of allylic oxidation sites excluding steroid dienone is 14. The van der Waals surface area contributed by atoms with Gasteiger partial charge in [0.2, 0.25) is 0 Å². The topological polar surface area (TPSA) is 0 Å². The van der Waals surface area contributed by atoms with E-state index in [1.165, 1.54) is 98.5 Å². The first-order valence-electron chi connectivity index (χ1n) is 14.3. The maximum Gasteiger partial charge on any atom is -0.0133 e. The zero-order valence-corrected chi connectivity index (χ0v) is 24.6. The molecule has 0 aromatic heterocycles. The molecule has 0 heterocycles. The van der Waals surface area contributed by atoms with E-state index in [0.29, 0.717) is 0 Å². The Morgan fingerprint density at radius 3 is 1.46 bits per heavy atom. The monoisotopic (exact) mass is 476 g/mol. The molecule has 0 radical (unpaired) electrons. The third-order valence-electron chi connectivity index (χ3n) is 7.28. The Bertz CT molecular complexity index is 827. The van der Waals surface area contributed by atoms with E-state index >= 15 is 0 Å². The van der Waals surface area contributed by atoms with Crippen molar-refractivity contribution in [2.45, 2.75) is 132 Å². The summed E-state index contributed by atoms with van der Waals surface area (Å²) in [4.78, 5) is 0. The summed E-state index contributed by atoms with van der Waals surface area (Å²) < 4.78 is 0. The van der Waals surface area contributed by atoms with E-state index in [4.69, 9.17) is 0 Å². The van der Waals surface area contributed by atoms with Gasteiger partial charge in [-0.2, -0.15) is 0 Å². The van der Waals surface area contributed by atoms with Gasteiger partial charge in [-0.15, -0.1) is 0 Å². The highest BCUT2D eigenvalue weighted by Crippen LogP contribution is 2.26. The van der Waals surface area contributed by atoms with Crippen LogP contribution in [0, 0.1) is 5.92 Å². The highest BCUT2D eigenvalue weighted by molar-refractivity contribution is 5.22. The summed E-state index contributed by atoms with van der Waals surface area (Å²) in [5, 5.41) is 0. The van der Waals surface area contributed by atoms with Gasteiger partial charge in [0, 0.05) is 0 Å². The number of hydrogen-bond acceptors (Lipinski definition) is 0. The molecule has 0 amide bonds. The summed E-state index contributed by atoms with van der Waals surface area (Å²) in [6.45, 7) is 18.2. The van der Waals surface area contributed by atoms with Crippen molar-refractivity contribution in [1.29, 1.82) is 0 Å². The smallest absolute Gasteiger partial charge is 0.0133 e. The summed E-state index contributed by atoms with van der Waals surface area (Å²) >= 11 is 0. The first-order chi connectivity index (χ1) is 16.7. The van der Waals surface area contributed by atoms with Crippen LogP contribution < -0.4 is 0 Å². The molecule has 196 valence electrons. The van der Waals surface area contributed by atoms with Gasteiger partial charge in [-0.05, 0) is 131 Å². The van der Waals surface area contributed by atoms with Crippen LogP contribution in [0.15, 0.2) is 81.5 Å². The standard InChI is InChI=1S/C35H56/c1-28(2)14-9-15-29(3)16-10-17-30(4)18-11-19-31(5)20-12-21-32(6)22-13-23-34(8)35-26-24-33(7)25-27-35/h14,16,18,20,22,24,27,34H,9-13,15,17,19,21,23,25-26H2,1-8H3/b29-16+,30-18+,31-20+,32-22+/t34-/m0/s1. The third kappa shape index (κ3) is 16.5. The SMILES string of the molecule is CC(C)=CCC/C(C)=C/CC/C(C)=C/CC/C(C)=C/CC/C(C)=C/CC[C@H](C)C1=CCC(C)=CC1. The molecule has 0 saturated heterocycles. The van der Waals surface area contributed by atoms with Gasteiger partial charge in [0.25, 0.3) is 0 Å². The van der Waals surface area contributed by atoms with Crippen molar-refractivity contribution in [3.63, 3.8) is 0 Å². The highest BCUT2D eigenvalue weighted by Gasteiger charge is 2.10. The largest absolute Gasteiger partial charge is 0.0856 e. The lowest BCUT2D eigenvalue weighted by atomic mass is 9.88. The molecule has 0 heteroatoms. The minimum absolute atomic E-state index is 0.717. The predicted molar refractivity (Wildman–Crippen MR) is 161 cm³/mol. The van der Waals surface area contributed by atoms with Crippen molar-refractivity contribution < 1.29 is 0 Å². The van der Waals surface area contributed by atoms with E-state index in [1.807, 2.05) is 0 Å². The molecule has 0 bridgehead atoms. The molecule has 0 aromatic carbocycles. The minimum Gasteiger partial charge on any atom is -0.0856 e. The van der Waals surface area contributed by atoms with E-state index in [0.717, 1.165) is 12.3 Å². The first-order valence-corrected chi connectivity index (χ1v) is 14.3. The molecule has 0 nitrogen and oxygen atoms in total. The van der Waals surface area contributed by atoms with Crippen molar-refractivity contribution in [3.05, 3.63) is 81.5 Å². The maximum atomic E-state index is 2.48. The minimum atomic E-state index is 0.717. The van der Waals surface area contributed by atoms with Gasteiger partial charge in [0.05, 0.1) is 0 Å². The molecule has 0 saturated carbocycles. The Hall–Kier alpha value is -1.82. The van der Waals surface area contributed by atoms with E-state index < -0.39 is 0 Å². The molecule has 1 aliphatic rings. The second-order valence-electron chi connectivity index (χ2n) is 11.4. The Morgan fingerprint density at radius 2 is 1.06 bits per heavy atom. The molecule has 0 spiro atoms. The summed E-state index contributed by atoms with van der Waals surface area (Å²) in [6.07, 6.45) is 31.3. The normalized spacial score (nSPS) is 16.7. The maximum absolute atomic E-state index is 2.48. The van der Waals surface area contributed by atoms with Gasteiger partial charge in [-0.3, -0.25) is 0 Å². The van der Waals surface area contributed by atoms with Crippen LogP contribution in [0.25, 0.3) is 0 Å². The lowest BCUT2D eigenvalue weighted by Gasteiger charge is -2.18. The van der Waals surface area contributed by atoms with Gasteiger partial charge in [-0.1, -0.05) is 88.5 Å². The van der Waals surface area contributed by atoms with Crippen LogP contribution in [-0.4, -0.2) is 0 Å². The van der Waals surface area contributed by atoms with Crippen LogP contribution in [0.5, 0.6) is 0 Å². The lowest BCUT2D eigenvalue weighted by Crippen LogP contribution is -2.02. The van der Waals surface area contributed by atoms with E-state index in [-0.39, 0.29) is 0 Å².